The Kier molecular flexibility index (Phi) is 11.7. The molecule has 1 heteroatoms. The molecule has 116 valence electrons. The van der Waals surface area contributed by atoms with Crippen molar-refractivity contribution in [2.24, 2.45) is 5.92 Å². The fourth-order valence-electron chi connectivity index (χ4n) is 3.12. The van der Waals surface area contributed by atoms with Gasteiger partial charge in [0.15, 0.2) is 0 Å². The van der Waals surface area contributed by atoms with Crippen molar-refractivity contribution in [2.75, 3.05) is 0 Å². The molecule has 2 unspecified atom stereocenters. The van der Waals surface area contributed by atoms with E-state index in [1.165, 1.54) is 64.2 Å². The minimum atomic E-state index is -0.438. The Morgan fingerprint density at radius 1 is 0.789 bits per heavy atom. The lowest BCUT2D eigenvalue weighted by Crippen LogP contribution is -2.34. The highest BCUT2D eigenvalue weighted by Gasteiger charge is 2.28. The van der Waals surface area contributed by atoms with E-state index in [4.69, 9.17) is 0 Å². The van der Waals surface area contributed by atoms with Crippen molar-refractivity contribution in [2.45, 2.75) is 110 Å². The highest BCUT2D eigenvalue weighted by Crippen LogP contribution is 2.30. The fraction of sp³-hybridized carbons (Fsp3) is 1.00. The zero-order valence-corrected chi connectivity index (χ0v) is 14.0. The van der Waals surface area contributed by atoms with Crippen LogP contribution in [0.4, 0.5) is 0 Å². The number of unbranched alkanes of at least 4 members (excludes halogenated alkanes) is 7. The van der Waals surface area contributed by atoms with Gasteiger partial charge in [-0.15, -0.1) is 0 Å². The molecule has 0 rings (SSSR count). The van der Waals surface area contributed by atoms with Crippen molar-refractivity contribution in [3.8, 4) is 0 Å². The molecule has 0 aromatic rings. The molecule has 0 radical (unpaired) electrons. The van der Waals surface area contributed by atoms with Crippen molar-refractivity contribution in [1.82, 2.24) is 0 Å². The molecular formula is C18H38O. The van der Waals surface area contributed by atoms with Gasteiger partial charge in [-0.05, 0) is 25.7 Å². The molecule has 0 amide bonds. The van der Waals surface area contributed by atoms with Crippen LogP contribution in [0.15, 0.2) is 0 Å². The van der Waals surface area contributed by atoms with Crippen molar-refractivity contribution in [3.05, 3.63) is 0 Å². The summed E-state index contributed by atoms with van der Waals surface area (Å²) in [5, 5.41) is 10.6. The van der Waals surface area contributed by atoms with Crippen molar-refractivity contribution < 1.29 is 5.11 Å². The summed E-state index contributed by atoms with van der Waals surface area (Å²) in [7, 11) is 0. The van der Waals surface area contributed by atoms with Crippen LogP contribution in [-0.4, -0.2) is 10.7 Å². The summed E-state index contributed by atoms with van der Waals surface area (Å²) in [6, 6.07) is 0. The first-order valence-electron chi connectivity index (χ1n) is 8.80. The molecular weight excluding hydrogens is 232 g/mol. The van der Waals surface area contributed by atoms with Crippen LogP contribution in [0.25, 0.3) is 0 Å². The van der Waals surface area contributed by atoms with Crippen LogP contribution in [0, 0.1) is 5.92 Å². The zero-order valence-electron chi connectivity index (χ0n) is 14.0. The molecule has 0 aliphatic rings. The third-order valence-electron chi connectivity index (χ3n) is 4.55. The molecule has 1 nitrogen and oxygen atoms in total. The Morgan fingerprint density at radius 2 is 1.32 bits per heavy atom. The summed E-state index contributed by atoms with van der Waals surface area (Å²) in [5.74, 6) is 0.488. The molecule has 0 bridgehead atoms. The third-order valence-corrected chi connectivity index (χ3v) is 4.55. The molecule has 0 fully saturated rings. The summed E-state index contributed by atoms with van der Waals surface area (Å²) in [5.41, 5.74) is -0.438. The standard InChI is InChI=1S/C18H38O/c1-5-8-9-10-11-12-13-14-16-18(4,19)17(7-3)15-6-2/h17,19H,5-16H2,1-4H3. The predicted octanol–water partition coefficient (Wildman–Crippen LogP) is 6.09. The highest BCUT2D eigenvalue weighted by atomic mass is 16.3. The summed E-state index contributed by atoms with van der Waals surface area (Å²) >= 11 is 0. The monoisotopic (exact) mass is 270 g/mol. The van der Waals surface area contributed by atoms with E-state index in [1.807, 2.05) is 0 Å². The Bertz CT molecular complexity index is 186. The second-order valence-corrected chi connectivity index (χ2v) is 6.48. The van der Waals surface area contributed by atoms with E-state index in [0.717, 1.165) is 12.8 Å². The van der Waals surface area contributed by atoms with Crippen LogP contribution >= 0.6 is 0 Å². The van der Waals surface area contributed by atoms with Gasteiger partial charge >= 0.3 is 0 Å². The van der Waals surface area contributed by atoms with E-state index in [0.29, 0.717) is 5.92 Å². The minimum absolute atomic E-state index is 0.438. The fourth-order valence-corrected chi connectivity index (χ4v) is 3.12. The summed E-state index contributed by atoms with van der Waals surface area (Å²) < 4.78 is 0. The molecule has 2 atom stereocenters. The number of hydrogen-bond acceptors (Lipinski definition) is 1. The smallest absolute Gasteiger partial charge is 0.0647 e. The van der Waals surface area contributed by atoms with E-state index in [-0.39, 0.29) is 0 Å². The minimum Gasteiger partial charge on any atom is -0.390 e. The van der Waals surface area contributed by atoms with Crippen molar-refractivity contribution in [1.29, 1.82) is 0 Å². The van der Waals surface area contributed by atoms with Crippen LogP contribution < -0.4 is 0 Å². The first-order chi connectivity index (χ1) is 9.08. The maximum atomic E-state index is 10.6. The van der Waals surface area contributed by atoms with E-state index in [1.54, 1.807) is 0 Å². The Labute approximate surface area is 122 Å². The van der Waals surface area contributed by atoms with Gasteiger partial charge < -0.3 is 5.11 Å². The van der Waals surface area contributed by atoms with Crippen LogP contribution in [0.2, 0.25) is 0 Å². The van der Waals surface area contributed by atoms with Gasteiger partial charge in [0.05, 0.1) is 5.60 Å². The third kappa shape index (κ3) is 9.49. The maximum absolute atomic E-state index is 10.6. The Balaban J connectivity index is 3.62. The van der Waals surface area contributed by atoms with E-state index >= 15 is 0 Å². The predicted molar refractivity (Wildman–Crippen MR) is 86.5 cm³/mol. The molecule has 19 heavy (non-hydrogen) atoms. The lowest BCUT2D eigenvalue weighted by atomic mass is 9.80. The largest absolute Gasteiger partial charge is 0.390 e. The van der Waals surface area contributed by atoms with E-state index < -0.39 is 5.60 Å². The van der Waals surface area contributed by atoms with Crippen LogP contribution in [-0.2, 0) is 0 Å². The summed E-state index contributed by atoms with van der Waals surface area (Å²) in [6.07, 6.45) is 15.2. The Morgan fingerprint density at radius 3 is 1.79 bits per heavy atom. The van der Waals surface area contributed by atoms with Crippen molar-refractivity contribution in [3.63, 3.8) is 0 Å². The first kappa shape index (κ1) is 19.0. The molecule has 1 N–H and O–H groups in total. The summed E-state index contributed by atoms with van der Waals surface area (Å²) in [4.78, 5) is 0. The highest BCUT2D eigenvalue weighted by molar-refractivity contribution is 4.80. The average molecular weight is 271 g/mol. The first-order valence-corrected chi connectivity index (χ1v) is 8.80. The number of hydrogen-bond donors (Lipinski definition) is 1. The normalized spacial score (nSPS) is 16.3. The van der Waals surface area contributed by atoms with Gasteiger partial charge in [-0.3, -0.25) is 0 Å². The van der Waals surface area contributed by atoms with E-state index in [9.17, 15) is 5.11 Å². The van der Waals surface area contributed by atoms with Crippen LogP contribution in [0.1, 0.15) is 105 Å². The van der Waals surface area contributed by atoms with Gasteiger partial charge in [0.25, 0.3) is 0 Å². The lowest BCUT2D eigenvalue weighted by Gasteiger charge is -2.32. The molecule has 0 spiro atoms. The molecule has 0 saturated carbocycles. The molecule has 0 aliphatic heterocycles. The maximum Gasteiger partial charge on any atom is 0.0647 e. The summed E-state index contributed by atoms with van der Waals surface area (Å²) in [6.45, 7) is 8.75. The Hall–Kier alpha value is -0.0400. The molecule has 0 aromatic carbocycles. The van der Waals surface area contributed by atoms with Gasteiger partial charge in [-0.25, -0.2) is 0 Å². The zero-order chi connectivity index (χ0) is 14.6. The quantitative estimate of drug-likeness (QED) is 0.401. The van der Waals surface area contributed by atoms with E-state index in [2.05, 4.69) is 27.7 Å². The van der Waals surface area contributed by atoms with Crippen LogP contribution in [0.5, 0.6) is 0 Å². The van der Waals surface area contributed by atoms with Crippen LogP contribution in [0.3, 0.4) is 0 Å². The number of aliphatic hydroxyl groups is 1. The van der Waals surface area contributed by atoms with Crippen molar-refractivity contribution >= 4 is 0 Å². The van der Waals surface area contributed by atoms with Gasteiger partial charge in [-0.2, -0.15) is 0 Å². The SMILES string of the molecule is CCCCCCCCCCC(C)(O)C(CC)CCC. The molecule has 0 heterocycles. The topological polar surface area (TPSA) is 20.2 Å². The number of rotatable bonds is 13. The molecule has 0 aromatic heterocycles. The average Bonchev–Trinajstić information content (AvgIpc) is 2.38. The van der Waals surface area contributed by atoms with Gasteiger partial charge in [0.2, 0.25) is 0 Å². The van der Waals surface area contributed by atoms with Gasteiger partial charge in [-0.1, -0.05) is 85.0 Å². The lowest BCUT2D eigenvalue weighted by molar-refractivity contribution is -0.0164. The second kappa shape index (κ2) is 11.8. The van der Waals surface area contributed by atoms with Gasteiger partial charge in [0, 0.05) is 0 Å². The van der Waals surface area contributed by atoms with Gasteiger partial charge in [0.1, 0.15) is 0 Å². The second-order valence-electron chi connectivity index (χ2n) is 6.48. The molecule has 0 saturated heterocycles. The molecule has 0 aliphatic carbocycles.